The van der Waals surface area contributed by atoms with Crippen molar-refractivity contribution in [3.05, 3.63) is 35.9 Å². The Hall–Kier alpha value is -1.84. The summed E-state index contributed by atoms with van der Waals surface area (Å²) >= 11 is 0. The van der Waals surface area contributed by atoms with Crippen molar-refractivity contribution >= 4 is 11.9 Å². The number of carbonyl (C=O) groups is 2. The van der Waals surface area contributed by atoms with E-state index in [2.05, 4.69) is 0 Å². The number of carboxylic acid groups (broad SMARTS) is 1. The van der Waals surface area contributed by atoms with Crippen LogP contribution in [0, 0.1) is 0 Å². The lowest BCUT2D eigenvalue weighted by Crippen LogP contribution is -2.29. The topological polar surface area (TPSA) is 57.6 Å². The van der Waals surface area contributed by atoms with Gasteiger partial charge in [-0.1, -0.05) is 30.3 Å². The van der Waals surface area contributed by atoms with Gasteiger partial charge >= 0.3 is 5.97 Å². The maximum absolute atomic E-state index is 11.4. The van der Waals surface area contributed by atoms with E-state index in [0.29, 0.717) is 19.5 Å². The highest BCUT2D eigenvalue weighted by molar-refractivity contribution is 5.73. The molecule has 0 atom stereocenters. The summed E-state index contributed by atoms with van der Waals surface area (Å²) in [5.74, 6) is -0.854. The van der Waals surface area contributed by atoms with Gasteiger partial charge in [-0.3, -0.25) is 9.59 Å². The van der Waals surface area contributed by atoms with E-state index in [1.54, 1.807) is 4.90 Å². The fourth-order valence-corrected chi connectivity index (χ4v) is 1.57. The molecular weight excluding hydrogens is 218 g/mol. The van der Waals surface area contributed by atoms with Crippen molar-refractivity contribution in [1.29, 1.82) is 0 Å². The molecule has 1 amide bonds. The average Bonchev–Trinajstić information content (AvgIpc) is 2.28. The zero-order chi connectivity index (χ0) is 12.7. The number of aliphatic carboxylic acids is 1. The third-order valence-corrected chi connectivity index (χ3v) is 2.48. The second-order valence-corrected chi connectivity index (χ2v) is 3.92. The van der Waals surface area contributed by atoms with Crippen molar-refractivity contribution in [2.24, 2.45) is 0 Å². The zero-order valence-electron chi connectivity index (χ0n) is 9.93. The van der Waals surface area contributed by atoms with Gasteiger partial charge in [0.2, 0.25) is 5.91 Å². The summed E-state index contributed by atoms with van der Waals surface area (Å²) in [5.41, 5.74) is 1.05. The van der Waals surface area contributed by atoms with Crippen LogP contribution in [0.3, 0.4) is 0 Å². The standard InChI is InChI=1S/C13H17NO3/c1-11(15)14(9-5-8-13(16)17)10-12-6-3-2-4-7-12/h2-4,6-7H,5,8-10H2,1H3,(H,16,17). The van der Waals surface area contributed by atoms with Gasteiger partial charge in [0.1, 0.15) is 0 Å². The quantitative estimate of drug-likeness (QED) is 0.819. The Morgan fingerprint density at radius 3 is 2.41 bits per heavy atom. The Morgan fingerprint density at radius 1 is 1.24 bits per heavy atom. The fourth-order valence-electron chi connectivity index (χ4n) is 1.57. The van der Waals surface area contributed by atoms with Crippen LogP contribution in [0.5, 0.6) is 0 Å². The van der Waals surface area contributed by atoms with Crippen LogP contribution >= 0.6 is 0 Å². The molecule has 0 aliphatic heterocycles. The van der Waals surface area contributed by atoms with E-state index < -0.39 is 5.97 Å². The SMILES string of the molecule is CC(=O)N(CCCC(=O)O)Cc1ccccc1. The molecule has 0 saturated heterocycles. The second kappa shape index (κ2) is 6.68. The van der Waals surface area contributed by atoms with Gasteiger partial charge in [-0.05, 0) is 12.0 Å². The molecule has 0 bridgehead atoms. The molecular formula is C13H17NO3. The molecule has 0 unspecified atom stereocenters. The average molecular weight is 235 g/mol. The fraction of sp³-hybridized carbons (Fsp3) is 0.385. The van der Waals surface area contributed by atoms with E-state index in [-0.39, 0.29) is 12.3 Å². The Morgan fingerprint density at radius 2 is 1.88 bits per heavy atom. The van der Waals surface area contributed by atoms with Gasteiger partial charge in [0, 0.05) is 26.4 Å². The number of nitrogens with zero attached hydrogens (tertiary/aromatic N) is 1. The zero-order valence-corrected chi connectivity index (χ0v) is 9.93. The number of carbonyl (C=O) groups excluding carboxylic acids is 1. The minimum absolute atomic E-state index is 0.0285. The van der Waals surface area contributed by atoms with E-state index in [4.69, 9.17) is 5.11 Å². The highest BCUT2D eigenvalue weighted by Crippen LogP contribution is 2.06. The third-order valence-electron chi connectivity index (χ3n) is 2.48. The first-order valence-electron chi connectivity index (χ1n) is 5.61. The first kappa shape index (κ1) is 13.2. The summed E-state index contributed by atoms with van der Waals surface area (Å²) in [6, 6.07) is 9.67. The summed E-state index contributed by atoms with van der Waals surface area (Å²) < 4.78 is 0. The van der Waals surface area contributed by atoms with Crippen LogP contribution in [0.4, 0.5) is 0 Å². The van der Waals surface area contributed by atoms with Gasteiger partial charge < -0.3 is 10.0 Å². The molecule has 4 nitrogen and oxygen atoms in total. The summed E-state index contributed by atoms with van der Waals surface area (Å²) in [7, 11) is 0. The van der Waals surface area contributed by atoms with E-state index in [1.807, 2.05) is 30.3 Å². The largest absolute Gasteiger partial charge is 0.481 e. The smallest absolute Gasteiger partial charge is 0.303 e. The molecule has 1 rings (SSSR count). The minimum Gasteiger partial charge on any atom is -0.481 e. The van der Waals surface area contributed by atoms with Crippen molar-refractivity contribution in [2.75, 3.05) is 6.54 Å². The molecule has 1 aromatic rings. The molecule has 92 valence electrons. The first-order valence-corrected chi connectivity index (χ1v) is 5.61. The van der Waals surface area contributed by atoms with Gasteiger partial charge in [0.25, 0.3) is 0 Å². The lowest BCUT2D eigenvalue weighted by atomic mass is 10.2. The van der Waals surface area contributed by atoms with Gasteiger partial charge in [0.15, 0.2) is 0 Å². The molecule has 0 fully saturated rings. The van der Waals surface area contributed by atoms with Crippen LogP contribution < -0.4 is 0 Å². The Kier molecular flexibility index (Phi) is 5.20. The molecule has 1 N–H and O–H groups in total. The van der Waals surface area contributed by atoms with E-state index >= 15 is 0 Å². The molecule has 0 aromatic heterocycles. The van der Waals surface area contributed by atoms with Crippen LogP contribution in [0.15, 0.2) is 30.3 Å². The van der Waals surface area contributed by atoms with Gasteiger partial charge in [-0.2, -0.15) is 0 Å². The van der Waals surface area contributed by atoms with Crippen molar-refractivity contribution in [3.63, 3.8) is 0 Å². The number of benzene rings is 1. The van der Waals surface area contributed by atoms with Crippen molar-refractivity contribution in [2.45, 2.75) is 26.3 Å². The third kappa shape index (κ3) is 5.15. The number of amides is 1. The van der Waals surface area contributed by atoms with E-state index in [9.17, 15) is 9.59 Å². The predicted octanol–water partition coefficient (Wildman–Crippen LogP) is 1.90. The molecule has 1 aromatic carbocycles. The molecule has 0 heterocycles. The minimum atomic E-state index is -0.826. The number of carboxylic acids is 1. The second-order valence-electron chi connectivity index (χ2n) is 3.92. The highest BCUT2D eigenvalue weighted by Gasteiger charge is 2.09. The molecule has 4 heteroatoms. The maximum Gasteiger partial charge on any atom is 0.303 e. The van der Waals surface area contributed by atoms with Crippen molar-refractivity contribution < 1.29 is 14.7 Å². The summed E-state index contributed by atoms with van der Waals surface area (Å²) in [5, 5.41) is 8.55. The normalized spacial score (nSPS) is 9.94. The van der Waals surface area contributed by atoms with E-state index in [0.717, 1.165) is 5.56 Å². The Balaban J connectivity index is 2.49. The van der Waals surface area contributed by atoms with E-state index in [1.165, 1.54) is 6.92 Å². The molecule has 0 aliphatic carbocycles. The van der Waals surface area contributed by atoms with Crippen molar-refractivity contribution in [1.82, 2.24) is 4.90 Å². The van der Waals surface area contributed by atoms with Crippen LogP contribution in [0.2, 0.25) is 0 Å². The number of rotatable bonds is 6. The summed E-state index contributed by atoms with van der Waals surface area (Å²) in [6.45, 7) is 2.52. The molecule has 0 spiro atoms. The molecule has 0 saturated carbocycles. The van der Waals surface area contributed by atoms with Crippen LogP contribution in [-0.4, -0.2) is 28.4 Å². The van der Waals surface area contributed by atoms with Crippen LogP contribution in [-0.2, 0) is 16.1 Å². The van der Waals surface area contributed by atoms with Crippen LogP contribution in [0.25, 0.3) is 0 Å². The maximum atomic E-state index is 11.4. The van der Waals surface area contributed by atoms with Crippen LogP contribution in [0.1, 0.15) is 25.3 Å². The lowest BCUT2D eigenvalue weighted by molar-refractivity contribution is -0.138. The molecule has 0 radical (unpaired) electrons. The molecule has 17 heavy (non-hydrogen) atoms. The van der Waals surface area contributed by atoms with Crippen molar-refractivity contribution in [3.8, 4) is 0 Å². The Bertz CT molecular complexity index is 376. The lowest BCUT2D eigenvalue weighted by Gasteiger charge is -2.20. The number of hydrogen-bond donors (Lipinski definition) is 1. The van der Waals surface area contributed by atoms with Gasteiger partial charge in [-0.25, -0.2) is 0 Å². The van der Waals surface area contributed by atoms with Gasteiger partial charge in [0.05, 0.1) is 0 Å². The highest BCUT2D eigenvalue weighted by atomic mass is 16.4. The Labute approximate surface area is 101 Å². The number of hydrogen-bond acceptors (Lipinski definition) is 2. The summed E-state index contributed by atoms with van der Waals surface area (Å²) in [4.78, 5) is 23.5. The van der Waals surface area contributed by atoms with Gasteiger partial charge in [-0.15, -0.1) is 0 Å². The first-order chi connectivity index (χ1) is 8.09. The molecule has 0 aliphatic rings. The summed E-state index contributed by atoms with van der Waals surface area (Å²) in [6.07, 6.45) is 0.584. The predicted molar refractivity (Wildman–Crippen MR) is 64.4 cm³/mol. The monoisotopic (exact) mass is 235 g/mol.